The van der Waals surface area contributed by atoms with Gasteiger partial charge in [-0.2, -0.15) is 28.8 Å². The molecule has 0 radical (unpaired) electrons. The third-order valence-corrected chi connectivity index (χ3v) is 8.77. The van der Waals surface area contributed by atoms with Gasteiger partial charge in [0.25, 0.3) is 0 Å². The molecular weight excluding hydrogens is 309 g/mol. The van der Waals surface area contributed by atoms with Gasteiger partial charge in [0.15, 0.2) is 0 Å². The summed E-state index contributed by atoms with van der Waals surface area (Å²) in [5.41, 5.74) is 5.63. The maximum Gasteiger partial charge on any atom is 0.000965 e. The molecule has 0 bridgehead atoms. The molecule has 138 valence electrons. The zero-order valence-electron chi connectivity index (χ0n) is 17.8. The SMILES string of the molecule is CCN(CC)Cc1[c-]c(CP(C(C)(C)C)C(C)(C)C)c(C)cc1C. The smallest absolute Gasteiger partial charge is 0.000965 e. The van der Waals surface area contributed by atoms with E-state index in [0.717, 1.165) is 19.6 Å². The molecule has 0 aliphatic rings. The van der Waals surface area contributed by atoms with Gasteiger partial charge in [-0.25, -0.2) is 0 Å². The van der Waals surface area contributed by atoms with E-state index in [4.69, 9.17) is 0 Å². The van der Waals surface area contributed by atoms with Crippen LogP contribution in [0.5, 0.6) is 0 Å². The molecule has 0 aliphatic heterocycles. The lowest BCUT2D eigenvalue weighted by Crippen LogP contribution is -2.26. The van der Waals surface area contributed by atoms with E-state index in [0.29, 0.717) is 10.3 Å². The summed E-state index contributed by atoms with van der Waals surface area (Å²) in [6.07, 6.45) is 1.18. The number of aryl methyl sites for hydroxylation is 2. The maximum atomic E-state index is 3.83. The van der Waals surface area contributed by atoms with Crippen LogP contribution < -0.4 is 0 Å². The third-order valence-electron chi connectivity index (χ3n) is 4.90. The van der Waals surface area contributed by atoms with Gasteiger partial charge in [0.05, 0.1) is 0 Å². The molecule has 1 nitrogen and oxygen atoms in total. The Morgan fingerprint density at radius 2 is 1.33 bits per heavy atom. The molecule has 1 rings (SSSR count). The van der Waals surface area contributed by atoms with Crippen LogP contribution in [0.15, 0.2) is 6.07 Å². The van der Waals surface area contributed by atoms with E-state index in [1.807, 2.05) is 0 Å². The summed E-state index contributed by atoms with van der Waals surface area (Å²) in [6, 6.07) is 6.21. The lowest BCUT2D eigenvalue weighted by atomic mass is 10.0. The van der Waals surface area contributed by atoms with Crippen molar-refractivity contribution in [3.05, 3.63) is 34.4 Å². The molecule has 0 spiro atoms. The lowest BCUT2D eigenvalue weighted by Gasteiger charge is -2.43. The molecule has 0 amide bonds. The van der Waals surface area contributed by atoms with Crippen LogP contribution in [0.4, 0.5) is 0 Å². The van der Waals surface area contributed by atoms with Crippen LogP contribution in [-0.2, 0) is 12.7 Å². The van der Waals surface area contributed by atoms with Gasteiger partial charge in [-0.1, -0.05) is 77.2 Å². The van der Waals surface area contributed by atoms with Crippen LogP contribution in [0, 0.1) is 19.9 Å². The first-order valence-electron chi connectivity index (χ1n) is 9.41. The van der Waals surface area contributed by atoms with Gasteiger partial charge >= 0.3 is 0 Å². The van der Waals surface area contributed by atoms with E-state index in [1.165, 1.54) is 28.4 Å². The first kappa shape index (κ1) is 21.7. The number of hydrogen-bond acceptors (Lipinski definition) is 1. The number of rotatable bonds is 6. The van der Waals surface area contributed by atoms with Gasteiger partial charge < -0.3 is 4.90 Å². The van der Waals surface area contributed by atoms with Crippen molar-refractivity contribution in [2.24, 2.45) is 0 Å². The summed E-state index contributed by atoms with van der Waals surface area (Å²) in [4.78, 5) is 2.48. The fraction of sp³-hybridized carbons (Fsp3) is 0.727. The Morgan fingerprint density at radius 1 is 0.875 bits per heavy atom. The maximum absolute atomic E-state index is 3.83. The third kappa shape index (κ3) is 5.85. The summed E-state index contributed by atoms with van der Waals surface area (Å²) in [6.45, 7) is 26.7. The molecular formula is C22H39NP-. The predicted molar refractivity (Wildman–Crippen MR) is 112 cm³/mol. The highest BCUT2D eigenvalue weighted by Crippen LogP contribution is 2.61. The molecule has 0 N–H and O–H groups in total. The number of benzene rings is 1. The van der Waals surface area contributed by atoms with E-state index in [-0.39, 0.29) is 7.92 Å². The van der Waals surface area contributed by atoms with E-state index >= 15 is 0 Å². The van der Waals surface area contributed by atoms with Crippen LogP contribution in [0.25, 0.3) is 0 Å². The molecule has 2 heteroatoms. The lowest BCUT2D eigenvalue weighted by molar-refractivity contribution is 0.295. The van der Waals surface area contributed by atoms with E-state index in [9.17, 15) is 0 Å². The monoisotopic (exact) mass is 348 g/mol. The zero-order valence-corrected chi connectivity index (χ0v) is 18.7. The predicted octanol–water partition coefficient (Wildman–Crippen LogP) is 6.52. The Bertz CT molecular complexity index is 516. The Morgan fingerprint density at radius 3 is 1.75 bits per heavy atom. The van der Waals surface area contributed by atoms with Crippen molar-refractivity contribution >= 4 is 7.92 Å². The van der Waals surface area contributed by atoms with Crippen LogP contribution >= 0.6 is 7.92 Å². The van der Waals surface area contributed by atoms with E-state index in [2.05, 4.69) is 86.3 Å². The molecule has 0 heterocycles. The Labute approximate surface area is 153 Å². The minimum Gasteiger partial charge on any atom is -0.302 e. The van der Waals surface area contributed by atoms with Gasteiger partial charge in [0, 0.05) is 6.54 Å². The quantitative estimate of drug-likeness (QED) is 0.417. The Kier molecular flexibility index (Phi) is 7.51. The fourth-order valence-corrected chi connectivity index (χ4v) is 7.12. The Balaban J connectivity index is 3.19. The zero-order chi connectivity index (χ0) is 18.7. The first-order chi connectivity index (χ1) is 10.9. The molecule has 0 atom stereocenters. The van der Waals surface area contributed by atoms with Crippen molar-refractivity contribution in [1.82, 2.24) is 4.90 Å². The summed E-state index contributed by atoms with van der Waals surface area (Å²) >= 11 is 0. The minimum absolute atomic E-state index is 0.130. The highest BCUT2D eigenvalue weighted by molar-refractivity contribution is 7.60. The minimum atomic E-state index is -0.130. The molecule has 0 saturated heterocycles. The largest absolute Gasteiger partial charge is 0.302 e. The van der Waals surface area contributed by atoms with E-state index in [1.54, 1.807) is 0 Å². The normalized spacial score (nSPS) is 13.2. The average Bonchev–Trinajstić information content (AvgIpc) is 2.42. The second kappa shape index (κ2) is 8.33. The molecule has 1 aromatic carbocycles. The summed E-state index contributed by atoms with van der Waals surface area (Å²) in [7, 11) is -0.130. The summed E-state index contributed by atoms with van der Waals surface area (Å²) in [5.74, 6) is 0. The molecule has 0 saturated carbocycles. The van der Waals surface area contributed by atoms with Crippen molar-refractivity contribution in [1.29, 1.82) is 0 Å². The van der Waals surface area contributed by atoms with E-state index < -0.39 is 0 Å². The fourth-order valence-electron chi connectivity index (χ4n) is 3.52. The number of nitrogens with zero attached hydrogens (tertiary/aromatic N) is 1. The van der Waals surface area contributed by atoms with Crippen LogP contribution in [0.2, 0.25) is 0 Å². The standard InChI is InChI=1S/C22H39NP/c1-11-23(12-2)15-19-14-20(18(4)13-17(19)3)16-24(21(5,6)7)22(8,9)10/h13H,11-12,15-16H2,1-10H3/q-1. The van der Waals surface area contributed by atoms with Gasteiger partial charge in [0.1, 0.15) is 0 Å². The molecule has 24 heavy (non-hydrogen) atoms. The molecule has 0 aromatic heterocycles. The molecule has 0 unspecified atom stereocenters. The van der Waals surface area contributed by atoms with Crippen LogP contribution in [0.3, 0.4) is 0 Å². The molecule has 1 aromatic rings. The molecule has 0 fully saturated rings. The van der Waals surface area contributed by atoms with Gasteiger partial charge in [0.2, 0.25) is 0 Å². The highest BCUT2D eigenvalue weighted by Gasteiger charge is 2.33. The van der Waals surface area contributed by atoms with Crippen molar-refractivity contribution in [2.45, 2.75) is 92.3 Å². The van der Waals surface area contributed by atoms with Gasteiger partial charge in [-0.05, 0) is 29.6 Å². The van der Waals surface area contributed by atoms with Crippen LogP contribution in [0.1, 0.15) is 77.6 Å². The van der Waals surface area contributed by atoms with Crippen molar-refractivity contribution < 1.29 is 0 Å². The van der Waals surface area contributed by atoms with Crippen molar-refractivity contribution in [3.63, 3.8) is 0 Å². The molecule has 0 aliphatic carbocycles. The second-order valence-corrected chi connectivity index (χ2v) is 12.8. The summed E-state index contributed by atoms with van der Waals surface area (Å²) in [5, 5.41) is 0.718. The van der Waals surface area contributed by atoms with Gasteiger partial charge in [-0.3, -0.25) is 0 Å². The van der Waals surface area contributed by atoms with Crippen molar-refractivity contribution in [2.75, 3.05) is 13.1 Å². The average molecular weight is 349 g/mol. The van der Waals surface area contributed by atoms with Gasteiger partial charge in [-0.15, -0.1) is 5.56 Å². The highest BCUT2D eigenvalue weighted by atomic mass is 31.1. The van der Waals surface area contributed by atoms with Crippen molar-refractivity contribution in [3.8, 4) is 0 Å². The Hall–Kier alpha value is -0.390. The topological polar surface area (TPSA) is 3.24 Å². The second-order valence-electron chi connectivity index (χ2n) is 8.98. The first-order valence-corrected chi connectivity index (χ1v) is 10.9. The van der Waals surface area contributed by atoms with Crippen LogP contribution in [-0.4, -0.2) is 28.3 Å². The summed E-state index contributed by atoms with van der Waals surface area (Å²) < 4.78 is 0. The number of hydrogen-bond donors (Lipinski definition) is 0.